The van der Waals surface area contributed by atoms with Gasteiger partial charge in [-0.25, -0.2) is 0 Å². The number of rotatable bonds is 0. The molecule has 4 unspecified atom stereocenters. The number of fused-ring (bicyclic) bond motifs is 5. The quantitative estimate of drug-likeness (QED) is 0.630. The third kappa shape index (κ3) is 1.79. The van der Waals surface area contributed by atoms with Crippen molar-refractivity contribution in [1.29, 1.82) is 0 Å². The van der Waals surface area contributed by atoms with E-state index in [1.165, 1.54) is 44.1 Å². The molecule has 1 heteroatoms. The fraction of sp³-hybridized carbons (Fsp3) is 0.800. The second kappa shape index (κ2) is 4.47. The van der Waals surface area contributed by atoms with Crippen LogP contribution in [0.3, 0.4) is 0 Å². The normalized spacial score (nSPS) is 52.7. The lowest BCUT2D eigenvalue weighted by atomic mass is 9.48. The molecule has 4 aliphatic carbocycles. The van der Waals surface area contributed by atoms with Gasteiger partial charge in [0.25, 0.3) is 0 Å². The molecule has 0 spiro atoms. The number of aliphatic hydroxyl groups excluding tert-OH is 1. The highest BCUT2D eigenvalue weighted by atomic mass is 16.3. The molecule has 21 heavy (non-hydrogen) atoms. The van der Waals surface area contributed by atoms with Gasteiger partial charge in [-0.15, -0.1) is 0 Å². The average molecular weight is 286 g/mol. The topological polar surface area (TPSA) is 20.2 Å². The fourth-order valence-electron chi connectivity index (χ4n) is 6.55. The molecule has 3 saturated carbocycles. The van der Waals surface area contributed by atoms with E-state index < -0.39 is 0 Å². The van der Waals surface area contributed by atoms with E-state index in [1.807, 2.05) is 0 Å². The highest BCUT2D eigenvalue weighted by molar-refractivity contribution is 5.28. The van der Waals surface area contributed by atoms with E-state index in [2.05, 4.69) is 26.5 Å². The summed E-state index contributed by atoms with van der Waals surface area (Å²) >= 11 is 0. The summed E-state index contributed by atoms with van der Waals surface area (Å²) in [5, 5.41) is 10.0. The van der Waals surface area contributed by atoms with Gasteiger partial charge in [-0.05, 0) is 80.0 Å². The van der Waals surface area contributed by atoms with Gasteiger partial charge in [0.1, 0.15) is 0 Å². The Morgan fingerprint density at radius 3 is 2.62 bits per heavy atom. The van der Waals surface area contributed by atoms with E-state index in [0.717, 1.165) is 30.6 Å². The lowest BCUT2D eigenvalue weighted by molar-refractivity contribution is -0.0267. The molecule has 6 atom stereocenters. The second-order valence-electron chi connectivity index (χ2n) is 8.75. The Morgan fingerprint density at radius 1 is 1.10 bits per heavy atom. The van der Waals surface area contributed by atoms with Crippen molar-refractivity contribution in [1.82, 2.24) is 0 Å². The molecule has 0 radical (unpaired) electrons. The first kappa shape index (κ1) is 14.1. The van der Waals surface area contributed by atoms with Crippen molar-refractivity contribution in [3.8, 4) is 0 Å². The zero-order valence-corrected chi connectivity index (χ0v) is 13.7. The Bertz CT molecular complexity index is 504. The first-order chi connectivity index (χ1) is 9.95. The van der Waals surface area contributed by atoms with Crippen molar-refractivity contribution >= 4 is 0 Å². The minimum Gasteiger partial charge on any atom is -0.393 e. The monoisotopic (exact) mass is 286 g/mol. The van der Waals surface area contributed by atoms with Crippen molar-refractivity contribution in [3.05, 3.63) is 23.8 Å². The van der Waals surface area contributed by atoms with E-state index in [0.29, 0.717) is 10.8 Å². The Labute approximate surface area is 129 Å². The zero-order chi connectivity index (χ0) is 14.8. The van der Waals surface area contributed by atoms with Gasteiger partial charge in [0.05, 0.1) is 6.10 Å². The minimum absolute atomic E-state index is 0.0824. The van der Waals surface area contributed by atoms with Gasteiger partial charge >= 0.3 is 0 Å². The lowest BCUT2D eigenvalue weighted by Gasteiger charge is -2.57. The van der Waals surface area contributed by atoms with Gasteiger partial charge in [0.15, 0.2) is 0 Å². The van der Waals surface area contributed by atoms with Crippen molar-refractivity contribution in [2.45, 2.75) is 71.3 Å². The molecule has 1 nitrogen and oxygen atoms in total. The van der Waals surface area contributed by atoms with Crippen LogP contribution in [-0.2, 0) is 0 Å². The Morgan fingerprint density at radius 2 is 1.81 bits per heavy atom. The van der Waals surface area contributed by atoms with Crippen LogP contribution in [0, 0.1) is 28.6 Å². The van der Waals surface area contributed by atoms with Crippen LogP contribution >= 0.6 is 0 Å². The number of hydrogen-bond acceptors (Lipinski definition) is 1. The van der Waals surface area contributed by atoms with E-state index >= 15 is 0 Å². The Hall–Kier alpha value is -0.560. The van der Waals surface area contributed by atoms with Crippen LogP contribution in [0.15, 0.2) is 23.8 Å². The van der Waals surface area contributed by atoms with Crippen LogP contribution in [0.4, 0.5) is 0 Å². The number of hydrogen-bond donors (Lipinski definition) is 1. The predicted octanol–water partition coefficient (Wildman–Crippen LogP) is 4.87. The van der Waals surface area contributed by atoms with Gasteiger partial charge < -0.3 is 5.11 Å². The van der Waals surface area contributed by atoms with E-state index in [4.69, 9.17) is 0 Å². The average Bonchev–Trinajstić information content (AvgIpc) is 2.76. The predicted molar refractivity (Wildman–Crippen MR) is 86.8 cm³/mol. The summed E-state index contributed by atoms with van der Waals surface area (Å²) in [6, 6.07) is 0. The molecule has 0 bridgehead atoms. The molecule has 0 aromatic carbocycles. The third-order valence-electron chi connectivity index (χ3n) is 8.03. The summed E-state index contributed by atoms with van der Waals surface area (Å²) in [6.07, 6.45) is 12.2. The zero-order valence-electron chi connectivity index (χ0n) is 13.7. The van der Waals surface area contributed by atoms with Crippen LogP contribution in [0.2, 0.25) is 0 Å². The largest absolute Gasteiger partial charge is 0.393 e. The van der Waals surface area contributed by atoms with Crippen LogP contribution < -0.4 is 0 Å². The fourth-order valence-corrected chi connectivity index (χ4v) is 6.55. The third-order valence-corrected chi connectivity index (χ3v) is 8.03. The van der Waals surface area contributed by atoms with Gasteiger partial charge in [0.2, 0.25) is 0 Å². The molecule has 0 saturated heterocycles. The molecule has 3 fully saturated rings. The summed E-state index contributed by atoms with van der Waals surface area (Å²) in [4.78, 5) is 0. The molecule has 0 aromatic rings. The molecule has 4 aliphatic rings. The lowest BCUT2D eigenvalue weighted by Crippen LogP contribution is -2.49. The maximum atomic E-state index is 10.0. The van der Waals surface area contributed by atoms with Crippen molar-refractivity contribution in [2.75, 3.05) is 0 Å². The van der Waals surface area contributed by atoms with Crippen molar-refractivity contribution in [3.63, 3.8) is 0 Å². The van der Waals surface area contributed by atoms with Crippen LogP contribution in [-0.4, -0.2) is 11.2 Å². The van der Waals surface area contributed by atoms with E-state index in [-0.39, 0.29) is 6.10 Å². The maximum absolute atomic E-state index is 10.0. The molecule has 0 aliphatic heterocycles. The van der Waals surface area contributed by atoms with Gasteiger partial charge in [-0.1, -0.05) is 37.6 Å². The highest BCUT2D eigenvalue weighted by Crippen LogP contribution is 2.65. The van der Waals surface area contributed by atoms with Crippen LogP contribution in [0.5, 0.6) is 0 Å². The van der Waals surface area contributed by atoms with Crippen molar-refractivity contribution < 1.29 is 5.11 Å². The van der Waals surface area contributed by atoms with Gasteiger partial charge in [-0.3, -0.25) is 0 Å². The summed E-state index contributed by atoms with van der Waals surface area (Å²) in [7, 11) is 0. The van der Waals surface area contributed by atoms with Gasteiger partial charge in [0, 0.05) is 0 Å². The number of aliphatic hydroxyl groups is 1. The molecule has 0 heterocycles. The second-order valence-corrected chi connectivity index (χ2v) is 8.75. The summed E-state index contributed by atoms with van der Waals surface area (Å²) in [6.45, 7) is 9.41. The summed E-state index contributed by atoms with van der Waals surface area (Å²) < 4.78 is 0. The first-order valence-corrected chi connectivity index (χ1v) is 9.01. The smallest absolute Gasteiger partial charge is 0.0577 e. The molecule has 0 aromatic heterocycles. The molecule has 0 amide bonds. The Balaban J connectivity index is 1.69. The Kier molecular flexibility index (Phi) is 2.99. The SMILES string of the molecule is C=C1CCC2C3CC=C4C[C@@H](O)CC[C@]4(C)C3CCC12C. The van der Waals surface area contributed by atoms with Gasteiger partial charge in [-0.2, -0.15) is 0 Å². The minimum atomic E-state index is -0.0824. The summed E-state index contributed by atoms with van der Waals surface area (Å²) in [5.41, 5.74) is 3.93. The maximum Gasteiger partial charge on any atom is 0.0577 e. The van der Waals surface area contributed by atoms with Crippen molar-refractivity contribution in [2.24, 2.45) is 28.6 Å². The first-order valence-electron chi connectivity index (χ1n) is 9.01. The standard InChI is InChI=1S/C20H30O/c1-13-4-7-17-16-6-5-14-12-15(21)8-10-20(14,3)18(16)9-11-19(13,17)2/h5,15-18,21H,1,4,6-12H2,2-3H3/t15-,16?,17?,18?,19?,20-/m0/s1. The number of allylic oxidation sites excluding steroid dienone is 2. The molecule has 116 valence electrons. The molecular weight excluding hydrogens is 256 g/mol. The summed E-state index contributed by atoms with van der Waals surface area (Å²) in [5.74, 6) is 2.59. The van der Waals surface area contributed by atoms with E-state index in [1.54, 1.807) is 5.57 Å². The molecule has 1 N–H and O–H groups in total. The van der Waals surface area contributed by atoms with E-state index in [9.17, 15) is 5.11 Å². The highest BCUT2D eigenvalue weighted by Gasteiger charge is 2.56. The molecule has 4 rings (SSSR count). The van der Waals surface area contributed by atoms with Crippen LogP contribution in [0.1, 0.15) is 65.2 Å². The molecular formula is C20H30O. The van der Waals surface area contributed by atoms with Crippen LogP contribution in [0.25, 0.3) is 0 Å².